The Kier molecular flexibility index (Phi) is 4.60. The van der Waals surface area contributed by atoms with E-state index in [9.17, 15) is 4.39 Å². The number of rotatable bonds is 2. The van der Waals surface area contributed by atoms with Crippen LogP contribution in [-0.2, 0) is 0 Å². The normalized spacial score (nSPS) is 28.7. The van der Waals surface area contributed by atoms with Crippen molar-refractivity contribution in [1.29, 1.82) is 0 Å². The van der Waals surface area contributed by atoms with Crippen LogP contribution in [0.4, 0.5) is 4.39 Å². The third-order valence-electron chi connectivity index (χ3n) is 5.02. The predicted octanol–water partition coefficient (Wildman–Crippen LogP) is 5.31. The first kappa shape index (κ1) is 15.4. The van der Waals surface area contributed by atoms with E-state index in [0.29, 0.717) is 17.5 Å². The summed E-state index contributed by atoms with van der Waals surface area (Å²) in [5.41, 5.74) is 1.66. The van der Waals surface area contributed by atoms with Crippen LogP contribution in [0.2, 0.25) is 0 Å². The predicted molar refractivity (Wildman–Crippen MR) is 88.3 cm³/mol. The fourth-order valence-electron chi connectivity index (χ4n) is 3.65. The van der Waals surface area contributed by atoms with Crippen molar-refractivity contribution in [3.63, 3.8) is 0 Å². The molecule has 2 atom stereocenters. The van der Waals surface area contributed by atoms with E-state index in [-0.39, 0.29) is 5.82 Å². The lowest BCUT2D eigenvalue weighted by atomic mass is 9.85. The molecule has 0 spiro atoms. The smallest absolute Gasteiger partial charge is 0.123 e. The number of hydrogen-bond acceptors (Lipinski definition) is 2. The van der Waals surface area contributed by atoms with Crippen molar-refractivity contribution in [1.82, 2.24) is 5.32 Å². The van der Waals surface area contributed by atoms with Gasteiger partial charge in [-0.1, -0.05) is 20.3 Å². The molecule has 1 fully saturated rings. The van der Waals surface area contributed by atoms with E-state index in [1.54, 1.807) is 12.1 Å². The van der Waals surface area contributed by atoms with Crippen molar-refractivity contribution in [2.45, 2.75) is 69.4 Å². The van der Waals surface area contributed by atoms with Gasteiger partial charge in [-0.3, -0.25) is 0 Å². The van der Waals surface area contributed by atoms with Crippen molar-refractivity contribution in [2.24, 2.45) is 5.41 Å². The summed E-state index contributed by atoms with van der Waals surface area (Å²) >= 11 is 1.86. The van der Waals surface area contributed by atoms with Gasteiger partial charge < -0.3 is 5.32 Å². The number of hydrogen-bond donors (Lipinski definition) is 1. The highest BCUT2D eigenvalue weighted by Gasteiger charge is 2.28. The number of thioether (sulfide) groups is 1. The van der Waals surface area contributed by atoms with Crippen molar-refractivity contribution in [2.75, 3.05) is 5.75 Å². The zero-order chi connectivity index (χ0) is 14.9. The molecule has 116 valence electrons. The highest BCUT2D eigenvalue weighted by Crippen LogP contribution is 2.39. The van der Waals surface area contributed by atoms with Gasteiger partial charge in [-0.2, -0.15) is 0 Å². The standard InChI is InChI=1S/C18H26FNS/c1-18(2)9-3-4-14(7-10-18)20-16-8-11-21-17-6-5-13(19)12-15(16)17/h5-6,12,14,16,20H,3-4,7-11H2,1-2H3. The maximum Gasteiger partial charge on any atom is 0.123 e. The van der Waals surface area contributed by atoms with Gasteiger partial charge in [-0.15, -0.1) is 11.8 Å². The van der Waals surface area contributed by atoms with Crippen LogP contribution in [0.25, 0.3) is 0 Å². The van der Waals surface area contributed by atoms with Crippen LogP contribution in [0.3, 0.4) is 0 Å². The zero-order valence-corrected chi connectivity index (χ0v) is 13.9. The summed E-state index contributed by atoms with van der Waals surface area (Å²) < 4.78 is 13.6. The van der Waals surface area contributed by atoms with Gasteiger partial charge in [-0.25, -0.2) is 4.39 Å². The van der Waals surface area contributed by atoms with Gasteiger partial charge in [0.15, 0.2) is 0 Å². The summed E-state index contributed by atoms with van der Waals surface area (Å²) in [6.45, 7) is 4.77. The summed E-state index contributed by atoms with van der Waals surface area (Å²) in [6, 6.07) is 6.20. The van der Waals surface area contributed by atoms with E-state index >= 15 is 0 Å². The molecular formula is C18H26FNS. The molecule has 2 aliphatic rings. The Labute approximate surface area is 132 Å². The third kappa shape index (κ3) is 3.81. The summed E-state index contributed by atoms with van der Waals surface area (Å²) in [7, 11) is 0. The zero-order valence-electron chi connectivity index (χ0n) is 13.1. The van der Waals surface area contributed by atoms with E-state index in [0.717, 1.165) is 12.2 Å². The highest BCUT2D eigenvalue weighted by molar-refractivity contribution is 7.99. The van der Waals surface area contributed by atoms with Crippen molar-refractivity contribution < 1.29 is 4.39 Å². The molecule has 1 aromatic carbocycles. The van der Waals surface area contributed by atoms with E-state index in [2.05, 4.69) is 19.2 Å². The van der Waals surface area contributed by atoms with Crippen LogP contribution in [0.1, 0.15) is 64.0 Å². The van der Waals surface area contributed by atoms with E-state index < -0.39 is 0 Å². The molecule has 1 saturated carbocycles. The topological polar surface area (TPSA) is 12.0 Å². The van der Waals surface area contributed by atoms with E-state index in [1.165, 1.54) is 42.6 Å². The second-order valence-corrected chi connectivity index (χ2v) is 8.47. The Bertz CT molecular complexity index is 500. The summed E-state index contributed by atoms with van der Waals surface area (Å²) in [4.78, 5) is 1.26. The minimum absolute atomic E-state index is 0.106. The first-order valence-corrected chi connectivity index (χ1v) is 9.20. The largest absolute Gasteiger partial charge is 0.307 e. The molecule has 0 bridgehead atoms. The van der Waals surface area contributed by atoms with E-state index in [1.807, 2.05) is 17.8 Å². The molecule has 0 aromatic heterocycles. The summed E-state index contributed by atoms with van der Waals surface area (Å²) in [5, 5.41) is 3.84. The highest BCUT2D eigenvalue weighted by atomic mass is 32.2. The molecule has 1 N–H and O–H groups in total. The van der Waals surface area contributed by atoms with E-state index in [4.69, 9.17) is 0 Å². The Hall–Kier alpha value is -0.540. The number of nitrogens with one attached hydrogen (secondary N) is 1. The molecule has 21 heavy (non-hydrogen) atoms. The minimum atomic E-state index is -0.106. The molecule has 1 aliphatic carbocycles. The average molecular weight is 307 g/mol. The Morgan fingerprint density at radius 2 is 2.05 bits per heavy atom. The molecule has 0 radical (unpaired) electrons. The van der Waals surface area contributed by atoms with Crippen LogP contribution in [0.15, 0.2) is 23.1 Å². The van der Waals surface area contributed by atoms with Crippen LogP contribution < -0.4 is 5.32 Å². The lowest BCUT2D eigenvalue weighted by Crippen LogP contribution is -2.34. The maximum atomic E-state index is 13.6. The van der Waals surface area contributed by atoms with Gasteiger partial charge >= 0.3 is 0 Å². The van der Waals surface area contributed by atoms with Gasteiger partial charge in [0.1, 0.15) is 5.82 Å². The Morgan fingerprint density at radius 3 is 2.90 bits per heavy atom. The molecule has 1 aliphatic heterocycles. The number of fused-ring (bicyclic) bond motifs is 1. The SMILES string of the molecule is CC1(C)CCCC(NC2CCSc3ccc(F)cc32)CC1. The molecule has 2 unspecified atom stereocenters. The molecule has 1 nitrogen and oxygen atoms in total. The molecule has 3 heteroatoms. The quantitative estimate of drug-likeness (QED) is 0.743. The molecule has 1 heterocycles. The fraction of sp³-hybridized carbons (Fsp3) is 0.667. The fourth-order valence-corrected chi connectivity index (χ4v) is 4.76. The first-order chi connectivity index (χ1) is 10.0. The van der Waals surface area contributed by atoms with Crippen molar-refractivity contribution in [3.05, 3.63) is 29.6 Å². The Balaban J connectivity index is 1.70. The second-order valence-electron chi connectivity index (χ2n) is 7.33. The number of benzene rings is 1. The van der Waals surface area contributed by atoms with Crippen LogP contribution in [-0.4, -0.2) is 11.8 Å². The van der Waals surface area contributed by atoms with Gasteiger partial charge in [0.25, 0.3) is 0 Å². The molecule has 1 aromatic rings. The minimum Gasteiger partial charge on any atom is -0.307 e. The molecule has 3 rings (SSSR count). The summed E-state index contributed by atoms with van der Waals surface area (Å²) in [5.74, 6) is 1.03. The van der Waals surface area contributed by atoms with Gasteiger partial charge in [0, 0.05) is 17.0 Å². The lowest BCUT2D eigenvalue weighted by Gasteiger charge is -2.30. The second kappa shape index (κ2) is 6.29. The van der Waals surface area contributed by atoms with Crippen LogP contribution in [0, 0.1) is 11.2 Å². The van der Waals surface area contributed by atoms with Crippen molar-refractivity contribution in [3.8, 4) is 0 Å². The number of halogens is 1. The molecular weight excluding hydrogens is 281 g/mol. The maximum absolute atomic E-state index is 13.6. The van der Waals surface area contributed by atoms with Gasteiger partial charge in [-0.05, 0) is 67.0 Å². The summed E-state index contributed by atoms with van der Waals surface area (Å²) in [6.07, 6.45) is 7.56. The average Bonchev–Trinajstić information content (AvgIpc) is 2.61. The molecule has 0 saturated heterocycles. The van der Waals surface area contributed by atoms with Gasteiger partial charge in [0.2, 0.25) is 0 Å². The lowest BCUT2D eigenvalue weighted by molar-refractivity contribution is 0.306. The first-order valence-electron chi connectivity index (χ1n) is 8.22. The Morgan fingerprint density at radius 1 is 1.19 bits per heavy atom. The van der Waals surface area contributed by atoms with Gasteiger partial charge in [0.05, 0.1) is 0 Å². The monoisotopic (exact) mass is 307 g/mol. The molecule has 0 amide bonds. The van der Waals surface area contributed by atoms with Crippen LogP contribution in [0.5, 0.6) is 0 Å². The van der Waals surface area contributed by atoms with Crippen molar-refractivity contribution >= 4 is 11.8 Å². The third-order valence-corrected chi connectivity index (χ3v) is 6.15. The van der Waals surface area contributed by atoms with Crippen LogP contribution >= 0.6 is 11.8 Å².